The zero-order valence-electron chi connectivity index (χ0n) is 29.3. The minimum atomic E-state index is -0.825. The maximum atomic E-state index is 14.1. The highest BCUT2D eigenvalue weighted by atomic mass is 35.5. The van der Waals surface area contributed by atoms with E-state index in [1.54, 1.807) is 47.5 Å². The van der Waals surface area contributed by atoms with E-state index in [1.807, 2.05) is 6.07 Å². The fourth-order valence-corrected chi connectivity index (χ4v) is 6.51. The quantitative estimate of drug-likeness (QED) is 0.117. The van der Waals surface area contributed by atoms with Crippen LogP contribution in [0.15, 0.2) is 113 Å². The summed E-state index contributed by atoms with van der Waals surface area (Å²) in [5, 5.41) is 17.3. The van der Waals surface area contributed by atoms with Crippen LogP contribution in [-0.2, 0) is 9.59 Å². The molecule has 2 amide bonds. The number of aliphatic imine (C=N–C) groups is 1. The number of aromatic nitrogens is 1. The maximum absolute atomic E-state index is 14.1. The molecule has 2 aliphatic heterocycles. The van der Waals surface area contributed by atoms with Gasteiger partial charge in [-0.1, -0.05) is 41.9 Å². The minimum Gasteiger partial charge on any atom is -0.496 e. The molecule has 1 fully saturated rings. The number of ketones is 1. The number of nitrogens with one attached hydrogen (secondary N) is 2. The molecular weight excluding hydrogens is 717 g/mol. The molecule has 0 aliphatic carbocycles. The van der Waals surface area contributed by atoms with Crippen LogP contribution in [0.2, 0.25) is 5.02 Å². The van der Waals surface area contributed by atoms with Crippen LogP contribution in [0.25, 0.3) is 6.08 Å². The van der Waals surface area contributed by atoms with Crippen LogP contribution in [0, 0.1) is 15.9 Å². The Kier molecular flexibility index (Phi) is 11.5. The van der Waals surface area contributed by atoms with Gasteiger partial charge in [0.05, 0.1) is 12.0 Å². The first kappa shape index (κ1) is 37.5. The van der Waals surface area contributed by atoms with Crippen LogP contribution in [0.5, 0.6) is 5.75 Å². The molecule has 13 nitrogen and oxygen atoms in total. The van der Waals surface area contributed by atoms with E-state index in [1.165, 1.54) is 62.6 Å². The van der Waals surface area contributed by atoms with Gasteiger partial charge in [0, 0.05) is 84.0 Å². The fraction of sp³-hybridized carbons (Fsp3) is 0.205. The number of carbonyl (C=O) groups is 3. The number of pyridine rings is 1. The van der Waals surface area contributed by atoms with Crippen molar-refractivity contribution in [3.63, 3.8) is 0 Å². The lowest BCUT2D eigenvalue weighted by atomic mass is 9.92. The van der Waals surface area contributed by atoms with Gasteiger partial charge in [-0.05, 0) is 55.5 Å². The van der Waals surface area contributed by atoms with Gasteiger partial charge in [-0.2, -0.15) is 0 Å². The highest BCUT2D eigenvalue weighted by molar-refractivity contribution is 6.31. The minimum absolute atomic E-state index is 0.0120. The summed E-state index contributed by atoms with van der Waals surface area (Å²) in [4.78, 5) is 64.2. The Bertz CT molecular complexity index is 2190. The van der Waals surface area contributed by atoms with E-state index in [2.05, 4.69) is 20.5 Å². The molecule has 3 heterocycles. The zero-order chi connectivity index (χ0) is 38.4. The summed E-state index contributed by atoms with van der Waals surface area (Å²) in [6, 6.07) is 20.6. The number of amides is 2. The number of hydrogen-bond acceptors (Lipinski definition) is 10. The number of hydrogen-bond donors (Lipinski definition) is 2. The summed E-state index contributed by atoms with van der Waals surface area (Å²) in [5.74, 6) is -0.905. The third-order valence-electron chi connectivity index (χ3n) is 8.97. The van der Waals surface area contributed by atoms with Crippen LogP contribution < -0.4 is 15.4 Å². The van der Waals surface area contributed by atoms with E-state index >= 15 is 0 Å². The molecule has 15 heteroatoms. The molecule has 0 saturated carbocycles. The molecule has 0 spiro atoms. The molecule has 1 aromatic heterocycles. The molecule has 3 aromatic carbocycles. The largest absolute Gasteiger partial charge is 0.496 e. The van der Waals surface area contributed by atoms with E-state index in [0.717, 1.165) is 0 Å². The van der Waals surface area contributed by atoms with Gasteiger partial charge in [0.25, 0.3) is 17.5 Å². The number of Topliss-reactive ketones (excluding diaryl/α,β-unsaturated/α-hetero) is 1. The number of nitro benzene ring substituents is 1. The number of ether oxygens (including phenoxy) is 1. The summed E-state index contributed by atoms with van der Waals surface area (Å²) in [5.41, 5.74) is 2.47. The van der Waals surface area contributed by atoms with Gasteiger partial charge in [-0.25, -0.2) is 4.39 Å². The van der Waals surface area contributed by atoms with Gasteiger partial charge >= 0.3 is 0 Å². The van der Waals surface area contributed by atoms with Gasteiger partial charge in [-0.3, -0.25) is 39.4 Å². The number of nitro groups is 1. The second kappa shape index (κ2) is 16.6. The van der Waals surface area contributed by atoms with E-state index < -0.39 is 28.6 Å². The monoisotopic (exact) mass is 751 g/mol. The molecule has 2 N–H and O–H groups in total. The van der Waals surface area contributed by atoms with Crippen molar-refractivity contribution in [2.24, 2.45) is 4.99 Å². The SMILES string of the molecule is COc1ccccc1/C=C(\NC(=O)c1ccc([N+](=O)[O-])cc1)C(=O)N1CCN(CC2=C(C(C)=O)C(c3ccc(F)cc3Cl)N=C(c3ccccn3)N2)CC1. The Morgan fingerprint density at radius 3 is 2.41 bits per heavy atom. The molecule has 6 rings (SSSR count). The summed E-state index contributed by atoms with van der Waals surface area (Å²) in [6.45, 7) is 3.13. The molecule has 0 bridgehead atoms. The number of benzene rings is 3. The smallest absolute Gasteiger partial charge is 0.270 e. The molecular formula is C39H35ClFN7O6. The molecule has 1 unspecified atom stereocenters. The van der Waals surface area contributed by atoms with Crippen molar-refractivity contribution in [2.45, 2.75) is 13.0 Å². The van der Waals surface area contributed by atoms with Crippen molar-refractivity contribution in [1.29, 1.82) is 0 Å². The average molecular weight is 752 g/mol. The predicted molar refractivity (Wildman–Crippen MR) is 200 cm³/mol. The standard InChI is InChI=1S/C39H35ClFN7O6/c1-24(49)35-33(43-37(31-8-5-6-16-42-31)45-36(35)29-15-12-27(41)22-30(29)40)23-46-17-19-47(20-18-46)39(51)32(21-26-7-3-4-9-34(26)54-2)44-38(50)25-10-13-28(14-11-25)48(52)53/h3-16,21-22,36H,17-20,23H2,1-2H3,(H,43,45)(H,44,50)/b32-21-. The molecule has 2 aliphatic rings. The predicted octanol–water partition coefficient (Wildman–Crippen LogP) is 5.34. The Morgan fingerprint density at radius 2 is 1.76 bits per heavy atom. The highest BCUT2D eigenvalue weighted by Gasteiger charge is 2.33. The van der Waals surface area contributed by atoms with Gasteiger partial charge in [-0.15, -0.1) is 0 Å². The van der Waals surface area contributed by atoms with Crippen molar-refractivity contribution < 1.29 is 28.4 Å². The Morgan fingerprint density at radius 1 is 1.04 bits per heavy atom. The summed E-state index contributed by atoms with van der Waals surface area (Å²) >= 11 is 6.50. The van der Waals surface area contributed by atoms with E-state index in [4.69, 9.17) is 21.3 Å². The first-order valence-corrected chi connectivity index (χ1v) is 17.3. The molecule has 276 valence electrons. The molecule has 0 radical (unpaired) electrons. The number of para-hydroxylation sites is 1. The third kappa shape index (κ3) is 8.51. The third-order valence-corrected chi connectivity index (χ3v) is 9.30. The number of halogens is 2. The average Bonchev–Trinajstić information content (AvgIpc) is 3.17. The fourth-order valence-electron chi connectivity index (χ4n) is 6.24. The van der Waals surface area contributed by atoms with Crippen LogP contribution in [0.4, 0.5) is 10.1 Å². The second-order valence-corrected chi connectivity index (χ2v) is 12.9. The topological polar surface area (TPSA) is 159 Å². The summed E-state index contributed by atoms with van der Waals surface area (Å²) in [6.07, 6.45) is 3.16. The van der Waals surface area contributed by atoms with Gasteiger partial charge in [0.15, 0.2) is 11.6 Å². The highest BCUT2D eigenvalue weighted by Crippen LogP contribution is 2.36. The van der Waals surface area contributed by atoms with Gasteiger partial charge < -0.3 is 20.3 Å². The van der Waals surface area contributed by atoms with Crippen molar-refractivity contribution in [1.82, 2.24) is 25.4 Å². The number of rotatable bonds is 11. The van der Waals surface area contributed by atoms with E-state index in [-0.39, 0.29) is 40.8 Å². The number of amidine groups is 1. The van der Waals surface area contributed by atoms with Crippen molar-refractivity contribution in [2.75, 3.05) is 39.8 Å². The van der Waals surface area contributed by atoms with Crippen LogP contribution in [-0.4, -0.2) is 83.0 Å². The van der Waals surface area contributed by atoms with Crippen LogP contribution >= 0.6 is 11.6 Å². The lowest BCUT2D eigenvalue weighted by molar-refractivity contribution is -0.384. The van der Waals surface area contributed by atoms with Crippen LogP contribution in [0.3, 0.4) is 0 Å². The first-order chi connectivity index (χ1) is 26.0. The Hall–Kier alpha value is -6.25. The van der Waals surface area contributed by atoms with E-state index in [0.29, 0.717) is 59.3 Å². The lowest BCUT2D eigenvalue weighted by Crippen LogP contribution is -2.51. The molecule has 1 atom stereocenters. The number of carbonyl (C=O) groups excluding carboxylic acids is 3. The number of methoxy groups -OCH3 is 1. The van der Waals surface area contributed by atoms with E-state index in [9.17, 15) is 28.9 Å². The molecule has 54 heavy (non-hydrogen) atoms. The summed E-state index contributed by atoms with van der Waals surface area (Å²) < 4.78 is 19.5. The van der Waals surface area contributed by atoms with Crippen LogP contribution in [0.1, 0.15) is 40.1 Å². The summed E-state index contributed by atoms with van der Waals surface area (Å²) in [7, 11) is 1.50. The maximum Gasteiger partial charge on any atom is 0.270 e. The number of nitrogens with zero attached hydrogens (tertiary/aromatic N) is 5. The number of piperazine rings is 1. The van der Waals surface area contributed by atoms with Crippen molar-refractivity contribution >= 4 is 46.8 Å². The second-order valence-electron chi connectivity index (χ2n) is 12.5. The molecule has 1 saturated heterocycles. The Labute approximate surface area is 315 Å². The zero-order valence-corrected chi connectivity index (χ0v) is 30.0. The van der Waals surface area contributed by atoms with Crippen molar-refractivity contribution in [3.8, 4) is 5.75 Å². The first-order valence-electron chi connectivity index (χ1n) is 16.9. The number of non-ortho nitro benzene ring substituents is 1. The molecule has 4 aromatic rings. The van der Waals surface area contributed by atoms with Gasteiger partial charge in [0.1, 0.15) is 29.0 Å². The normalized spacial score (nSPS) is 16.3. The lowest BCUT2D eigenvalue weighted by Gasteiger charge is -2.37. The van der Waals surface area contributed by atoms with Crippen molar-refractivity contribution in [3.05, 3.63) is 151 Å². The Balaban J connectivity index is 1.24. The van der Waals surface area contributed by atoms with Gasteiger partial charge in [0.2, 0.25) is 0 Å².